The third-order valence-electron chi connectivity index (χ3n) is 8.04. The summed E-state index contributed by atoms with van der Waals surface area (Å²) >= 11 is 0. The number of aliphatic hydroxyl groups excluding tert-OH is 4. The Kier molecular flexibility index (Phi) is 12.6. The molecule has 0 aromatic heterocycles. The van der Waals surface area contributed by atoms with Crippen LogP contribution in [0.15, 0.2) is 23.8 Å². The second kappa shape index (κ2) is 14.7. The number of carbonyl (C=O) groups excluding carboxylic acids is 2. The number of hydrogen-bond donors (Lipinski definition) is 4. The Morgan fingerprint density at radius 2 is 1.61 bits per heavy atom. The molecule has 0 amide bonds. The lowest BCUT2D eigenvalue weighted by Gasteiger charge is -2.43. The summed E-state index contributed by atoms with van der Waals surface area (Å²) < 4.78 is 17.6. The molecule has 1 saturated heterocycles. The van der Waals surface area contributed by atoms with Gasteiger partial charge in [-0.2, -0.15) is 0 Å². The molecule has 2 aliphatic rings. The van der Waals surface area contributed by atoms with Crippen LogP contribution in [-0.2, 0) is 23.8 Å². The zero-order valence-corrected chi connectivity index (χ0v) is 23.8. The summed E-state index contributed by atoms with van der Waals surface area (Å²) in [6.07, 6.45) is -1.88. The van der Waals surface area contributed by atoms with Crippen molar-refractivity contribution < 1.29 is 44.2 Å². The van der Waals surface area contributed by atoms with Crippen LogP contribution in [0.4, 0.5) is 0 Å². The number of carbonyl (C=O) groups is 2. The molecule has 0 spiro atoms. The smallest absolute Gasteiger partial charge is 0.308 e. The van der Waals surface area contributed by atoms with Gasteiger partial charge in [0.25, 0.3) is 0 Å². The maximum absolute atomic E-state index is 13.0. The fraction of sp³-hybridized carbons (Fsp3) is 0.793. The zero-order chi connectivity index (χ0) is 28.7. The van der Waals surface area contributed by atoms with Crippen molar-refractivity contribution in [2.45, 2.75) is 123 Å². The van der Waals surface area contributed by atoms with E-state index in [1.807, 2.05) is 40.7 Å². The lowest BCUT2D eigenvalue weighted by atomic mass is 9.80. The lowest BCUT2D eigenvalue weighted by Crippen LogP contribution is -2.59. The van der Waals surface area contributed by atoms with E-state index in [9.17, 15) is 30.0 Å². The second-order valence-electron chi connectivity index (χ2n) is 11.2. The predicted molar refractivity (Wildman–Crippen MR) is 142 cm³/mol. The summed E-state index contributed by atoms with van der Waals surface area (Å²) in [6.45, 7) is 12.9. The molecule has 2 aliphatic heterocycles. The topological polar surface area (TPSA) is 143 Å². The van der Waals surface area contributed by atoms with Gasteiger partial charge < -0.3 is 34.6 Å². The van der Waals surface area contributed by atoms with E-state index in [4.69, 9.17) is 14.2 Å². The molecule has 0 aromatic rings. The molecule has 1 fully saturated rings. The van der Waals surface area contributed by atoms with Gasteiger partial charge in [-0.3, -0.25) is 9.59 Å². The van der Waals surface area contributed by atoms with Crippen molar-refractivity contribution in [2.24, 2.45) is 23.7 Å². The number of esters is 1. The number of ketones is 1. The Hall–Kier alpha value is -1.62. The molecule has 0 aromatic carbocycles. The average Bonchev–Trinajstić information content (AvgIpc) is 2.87. The van der Waals surface area contributed by atoms with E-state index < -0.39 is 54.8 Å². The van der Waals surface area contributed by atoms with Gasteiger partial charge in [0.1, 0.15) is 24.4 Å². The Bertz CT molecular complexity index is 840. The van der Waals surface area contributed by atoms with Crippen LogP contribution in [0, 0.1) is 23.7 Å². The first-order chi connectivity index (χ1) is 17.8. The second-order valence-corrected chi connectivity index (χ2v) is 11.2. The normalized spacial score (nSPS) is 44.7. The minimum Gasteiger partial charge on any atom is -0.462 e. The predicted octanol–water partition coefficient (Wildman–Crippen LogP) is 2.68. The molecular formula is C29H48O9. The Morgan fingerprint density at radius 3 is 2.21 bits per heavy atom. The Morgan fingerprint density at radius 1 is 0.947 bits per heavy atom. The van der Waals surface area contributed by atoms with Gasteiger partial charge in [-0.1, -0.05) is 58.8 Å². The highest BCUT2D eigenvalue weighted by molar-refractivity contribution is 5.91. The first-order valence-electron chi connectivity index (χ1n) is 13.9. The molecule has 0 aliphatic carbocycles. The molecule has 9 heteroatoms. The molecule has 218 valence electrons. The van der Waals surface area contributed by atoms with E-state index in [0.717, 1.165) is 5.57 Å². The number of cyclic esters (lactones) is 1. The van der Waals surface area contributed by atoms with Crippen LogP contribution in [0.25, 0.3) is 0 Å². The van der Waals surface area contributed by atoms with E-state index in [1.54, 1.807) is 26.0 Å². The van der Waals surface area contributed by atoms with Gasteiger partial charge in [0.05, 0.1) is 24.7 Å². The zero-order valence-electron chi connectivity index (χ0n) is 23.8. The van der Waals surface area contributed by atoms with Crippen LogP contribution in [0.3, 0.4) is 0 Å². The molecular weight excluding hydrogens is 492 g/mol. The largest absolute Gasteiger partial charge is 0.462 e. The Balaban J connectivity index is 2.42. The molecule has 2 rings (SSSR count). The molecule has 38 heavy (non-hydrogen) atoms. The fourth-order valence-corrected chi connectivity index (χ4v) is 5.36. The van der Waals surface area contributed by atoms with Crippen LogP contribution in [0.1, 0.15) is 74.1 Å². The van der Waals surface area contributed by atoms with Gasteiger partial charge in [-0.25, -0.2) is 0 Å². The van der Waals surface area contributed by atoms with Crippen LogP contribution < -0.4 is 0 Å². The van der Waals surface area contributed by atoms with E-state index in [2.05, 4.69) is 0 Å². The van der Waals surface area contributed by atoms with E-state index >= 15 is 0 Å². The summed E-state index contributed by atoms with van der Waals surface area (Å²) in [6, 6.07) is 0. The molecule has 12 atom stereocenters. The first kappa shape index (κ1) is 32.6. The van der Waals surface area contributed by atoms with Crippen molar-refractivity contribution in [3.8, 4) is 0 Å². The summed E-state index contributed by atoms with van der Waals surface area (Å²) in [5.74, 6) is -1.84. The maximum Gasteiger partial charge on any atom is 0.308 e. The Labute approximate surface area is 226 Å². The van der Waals surface area contributed by atoms with Crippen LogP contribution >= 0.6 is 0 Å². The highest BCUT2D eigenvalue weighted by Gasteiger charge is 2.45. The van der Waals surface area contributed by atoms with Gasteiger partial charge in [0.2, 0.25) is 0 Å². The third-order valence-corrected chi connectivity index (χ3v) is 8.04. The molecule has 0 saturated carbocycles. The van der Waals surface area contributed by atoms with Crippen LogP contribution in [-0.4, -0.2) is 81.2 Å². The highest BCUT2D eigenvalue weighted by atomic mass is 16.7. The monoisotopic (exact) mass is 540 g/mol. The number of rotatable bonds is 4. The van der Waals surface area contributed by atoms with Gasteiger partial charge in [0, 0.05) is 17.8 Å². The van der Waals surface area contributed by atoms with Crippen molar-refractivity contribution in [3.63, 3.8) is 0 Å². The maximum atomic E-state index is 13.0. The van der Waals surface area contributed by atoms with Crippen molar-refractivity contribution in [1.29, 1.82) is 0 Å². The summed E-state index contributed by atoms with van der Waals surface area (Å²) in [7, 11) is 0. The third kappa shape index (κ3) is 8.44. The van der Waals surface area contributed by atoms with Crippen molar-refractivity contribution in [3.05, 3.63) is 23.8 Å². The van der Waals surface area contributed by atoms with Crippen molar-refractivity contribution in [2.75, 3.05) is 0 Å². The van der Waals surface area contributed by atoms with Gasteiger partial charge in [-0.05, 0) is 38.7 Å². The number of hydrogen-bond acceptors (Lipinski definition) is 9. The average molecular weight is 541 g/mol. The molecule has 0 bridgehead atoms. The standard InChI is InChI=1S/C29H48O9/c1-8-20-13-16(4)21(30)11-10-15(3)12-17(5)23(9-2)37-24(32)14-22(31)18(6)28(20)38-29-27(35)26(34)25(33)19(7)36-29/h10-12,16-20,22-23,25-29,31,33-35H,8-9,13-14H2,1-7H3/b11-10+,15-12+/t16-,17+,18+,19-,20?,22-,23-,25-,26+,27-,28-,29-/m1/s1. The molecule has 1 unspecified atom stereocenters. The van der Waals surface area contributed by atoms with Crippen molar-refractivity contribution in [1.82, 2.24) is 0 Å². The fourth-order valence-electron chi connectivity index (χ4n) is 5.36. The summed E-state index contributed by atoms with van der Waals surface area (Å²) in [4.78, 5) is 25.8. The quantitative estimate of drug-likeness (QED) is 0.396. The van der Waals surface area contributed by atoms with Crippen LogP contribution in [0.5, 0.6) is 0 Å². The highest BCUT2D eigenvalue weighted by Crippen LogP contribution is 2.33. The van der Waals surface area contributed by atoms with Crippen LogP contribution in [0.2, 0.25) is 0 Å². The van der Waals surface area contributed by atoms with Crippen molar-refractivity contribution >= 4 is 11.8 Å². The summed E-state index contributed by atoms with van der Waals surface area (Å²) in [5.41, 5.74) is 0.889. The van der Waals surface area contributed by atoms with Gasteiger partial charge in [0.15, 0.2) is 12.1 Å². The van der Waals surface area contributed by atoms with Gasteiger partial charge in [-0.15, -0.1) is 0 Å². The van der Waals surface area contributed by atoms with Gasteiger partial charge >= 0.3 is 5.97 Å². The minimum absolute atomic E-state index is 0.0394. The SMILES string of the molecule is CCC1C[C@@H](C)C(=O)/C=C/C(C)=C/[C@H](C)[C@@H](CC)OC(=O)C[C@@H](O)[C@H](C)[C@H]1O[C@H]1O[C@H](C)[C@@H](O)[C@H](O)[C@H]1O. The number of aliphatic hydroxyl groups is 4. The molecule has 4 N–H and O–H groups in total. The van der Waals surface area contributed by atoms with E-state index in [-0.39, 0.29) is 36.1 Å². The molecule has 0 radical (unpaired) electrons. The number of allylic oxidation sites excluding steroid dienone is 3. The first-order valence-corrected chi connectivity index (χ1v) is 13.9. The minimum atomic E-state index is -1.52. The van der Waals surface area contributed by atoms with E-state index in [1.165, 1.54) is 0 Å². The summed E-state index contributed by atoms with van der Waals surface area (Å²) in [5, 5.41) is 42.1. The van der Waals surface area contributed by atoms with E-state index in [0.29, 0.717) is 19.3 Å². The molecule has 9 nitrogen and oxygen atoms in total. The lowest BCUT2D eigenvalue weighted by molar-refractivity contribution is -0.314. The molecule has 2 heterocycles. The number of ether oxygens (including phenoxy) is 3.